The van der Waals surface area contributed by atoms with Crippen LogP contribution in [0, 0.1) is 10.1 Å². The first-order valence-corrected chi connectivity index (χ1v) is 3.52. The van der Waals surface area contributed by atoms with E-state index in [1.807, 2.05) is 0 Å². The fraction of sp³-hybridized carbons (Fsp3) is 0.125. The molecule has 79 valence electrons. The van der Waals surface area contributed by atoms with Crippen LogP contribution in [0.1, 0.15) is 6.92 Å². The quantitative estimate of drug-likeness (QED) is 0.272. The molecule has 0 aromatic heterocycles. The van der Waals surface area contributed by atoms with Crippen LogP contribution in [0.3, 0.4) is 0 Å². The Balaban J connectivity index is 0.00000169. The Morgan fingerprint density at radius 1 is 1.36 bits per heavy atom. The van der Waals surface area contributed by atoms with Crippen LogP contribution in [0.5, 0.6) is 5.75 Å². The molecule has 0 heterocycles. The number of nitro groups is 1. The van der Waals surface area contributed by atoms with Crippen molar-refractivity contribution < 1.29 is 36.8 Å². The van der Waals surface area contributed by atoms with Gasteiger partial charge in [0, 0.05) is 41.4 Å². The van der Waals surface area contributed by atoms with Gasteiger partial charge < -0.3 is 4.74 Å². The predicted octanol–water partition coefficient (Wildman–Crippen LogP) is 1.52. The summed E-state index contributed by atoms with van der Waals surface area (Å²) in [6, 6.07) is 5.30. The van der Waals surface area contributed by atoms with Gasteiger partial charge in [-0.3, -0.25) is 14.9 Å². The fourth-order valence-electron chi connectivity index (χ4n) is 0.802. The molecule has 0 saturated heterocycles. The minimum atomic E-state index is -0.516. The predicted molar refractivity (Wildman–Crippen MR) is 44.4 cm³/mol. The molecule has 0 aliphatic rings. The minimum absolute atomic E-state index is 0. The summed E-state index contributed by atoms with van der Waals surface area (Å²) in [6.07, 6.45) is 0. The summed E-state index contributed by atoms with van der Waals surface area (Å²) in [5.74, 6) is -0.146. The number of carbonyl (C=O) groups excluding carboxylic acids is 1. The summed E-state index contributed by atoms with van der Waals surface area (Å²) in [5.41, 5.74) is -0.0316. The van der Waals surface area contributed by atoms with Crippen LogP contribution >= 0.6 is 0 Å². The second-order valence-electron chi connectivity index (χ2n) is 2.34. The van der Waals surface area contributed by atoms with Crippen molar-refractivity contribution in [2.75, 3.05) is 0 Å². The van der Waals surface area contributed by atoms with Crippen molar-refractivity contribution in [2.24, 2.45) is 0 Å². The largest absolute Gasteiger partial charge is 0.427 e. The van der Waals surface area contributed by atoms with Crippen LogP contribution < -0.4 is 4.74 Å². The molecule has 6 heteroatoms. The maximum atomic E-state index is 10.5. The molecule has 0 amide bonds. The van der Waals surface area contributed by atoms with Gasteiger partial charge in [-0.2, -0.15) is 0 Å². The molecule has 0 bridgehead atoms. The maximum absolute atomic E-state index is 10.5. The molecule has 0 aliphatic heterocycles. The van der Waals surface area contributed by atoms with E-state index in [2.05, 4.69) is 4.74 Å². The standard InChI is InChI=1S/C8H7NO4.Ag/c1-6(10)13-8-4-2-7(3-5-8)9(11)12;/h2-5H,1H3;. The number of carbonyl (C=O) groups is 1. The Kier molecular flexibility index (Phi) is 5.07. The van der Waals surface area contributed by atoms with Gasteiger partial charge in [0.05, 0.1) is 4.92 Å². The molecule has 5 nitrogen and oxygen atoms in total. The fourth-order valence-corrected chi connectivity index (χ4v) is 0.802. The zero-order chi connectivity index (χ0) is 9.84. The SMILES string of the molecule is CC(=O)Oc1ccc([N+](=O)[O-])cc1.[Ag]. The monoisotopic (exact) mass is 288 g/mol. The normalized spacial score (nSPS) is 8.64. The van der Waals surface area contributed by atoms with E-state index in [4.69, 9.17) is 0 Å². The Morgan fingerprint density at radius 2 is 1.86 bits per heavy atom. The molecule has 1 aromatic carbocycles. The molecular formula is C8H7AgNO4. The molecule has 1 radical (unpaired) electrons. The van der Waals surface area contributed by atoms with Crippen molar-refractivity contribution in [3.63, 3.8) is 0 Å². The van der Waals surface area contributed by atoms with E-state index in [0.29, 0.717) is 5.75 Å². The topological polar surface area (TPSA) is 69.4 Å². The molecule has 0 unspecified atom stereocenters. The van der Waals surface area contributed by atoms with Gasteiger partial charge in [-0.15, -0.1) is 0 Å². The first-order valence-electron chi connectivity index (χ1n) is 3.52. The van der Waals surface area contributed by atoms with Crippen molar-refractivity contribution in [3.8, 4) is 5.75 Å². The van der Waals surface area contributed by atoms with Gasteiger partial charge in [0.1, 0.15) is 5.75 Å². The van der Waals surface area contributed by atoms with Crippen LogP contribution in [0.2, 0.25) is 0 Å². The molecule has 1 aromatic rings. The van der Waals surface area contributed by atoms with E-state index in [1.165, 1.54) is 31.2 Å². The minimum Gasteiger partial charge on any atom is -0.427 e. The third kappa shape index (κ3) is 3.69. The molecule has 0 saturated carbocycles. The molecule has 0 atom stereocenters. The molecular weight excluding hydrogens is 282 g/mol. The summed E-state index contributed by atoms with van der Waals surface area (Å²) >= 11 is 0. The van der Waals surface area contributed by atoms with E-state index in [-0.39, 0.29) is 28.1 Å². The molecule has 0 fully saturated rings. The summed E-state index contributed by atoms with van der Waals surface area (Å²) < 4.78 is 4.69. The van der Waals surface area contributed by atoms with Crippen molar-refractivity contribution in [1.29, 1.82) is 0 Å². The third-order valence-electron chi connectivity index (χ3n) is 1.31. The second-order valence-corrected chi connectivity index (χ2v) is 2.34. The van der Waals surface area contributed by atoms with E-state index < -0.39 is 10.9 Å². The number of rotatable bonds is 2. The molecule has 0 N–H and O–H groups in total. The average molecular weight is 289 g/mol. The first kappa shape index (κ1) is 12.8. The summed E-state index contributed by atoms with van der Waals surface area (Å²) in [6.45, 7) is 1.27. The summed E-state index contributed by atoms with van der Waals surface area (Å²) in [7, 11) is 0. The van der Waals surface area contributed by atoms with Gasteiger partial charge in [0.15, 0.2) is 0 Å². The van der Waals surface area contributed by atoms with E-state index in [0.717, 1.165) is 0 Å². The van der Waals surface area contributed by atoms with Crippen LogP contribution in [0.4, 0.5) is 5.69 Å². The van der Waals surface area contributed by atoms with Crippen LogP contribution in [0.15, 0.2) is 24.3 Å². The number of nitrogens with zero attached hydrogens (tertiary/aromatic N) is 1. The smallest absolute Gasteiger partial charge is 0.308 e. The molecule has 14 heavy (non-hydrogen) atoms. The van der Waals surface area contributed by atoms with Gasteiger partial charge >= 0.3 is 5.97 Å². The van der Waals surface area contributed by atoms with Gasteiger partial charge in [-0.1, -0.05) is 0 Å². The number of non-ortho nitro benzene ring substituents is 1. The Labute approximate surface area is 95.7 Å². The first-order chi connectivity index (χ1) is 6.09. The van der Waals surface area contributed by atoms with Crippen molar-refractivity contribution in [3.05, 3.63) is 34.4 Å². The number of benzene rings is 1. The maximum Gasteiger partial charge on any atom is 0.308 e. The Bertz CT molecular complexity index is 336. The number of nitro benzene ring substituents is 1. The van der Waals surface area contributed by atoms with Crippen molar-refractivity contribution in [2.45, 2.75) is 6.92 Å². The van der Waals surface area contributed by atoms with E-state index in [1.54, 1.807) is 0 Å². The zero-order valence-corrected chi connectivity index (χ0v) is 8.67. The van der Waals surface area contributed by atoms with E-state index >= 15 is 0 Å². The number of ether oxygens (including phenoxy) is 1. The van der Waals surface area contributed by atoms with Gasteiger partial charge in [-0.05, 0) is 12.1 Å². The Hall–Kier alpha value is -1.17. The van der Waals surface area contributed by atoms with Crippen molar-refractivity contribution >= 4 is 11.7 Å². The second kappa shape index (κ2) is 5.54. The average Bonchev–Trinajstić information content (AvgIpc) is 2.04. The van der Waals surface area contributed by atoms with Crippen LogP contribution in [0.25, 0.3) is 0 Å². The van der Waals surface area contributed by atoms with E-state index in [9.17, 15) is 14.9 Å². The number of hydrogen-bond donors (Lipinski definition) is 0. The van der Waals surface area contributed by atoms with Crippen molar-refractivity contribution in [1.82, 2.24) is 0 Å². The van der Waals surface area contributed by atoms with Gasteiger partial charge in [-0.25, -0.2) is 0 Å². The number of esters is 1. The summed E-state index contributed by atoms with van der Waals surface area (Å²) in [5, 5.41) is 10.2. The van der Waals surface area contributed by atoms with Crippen LogP contribution in [-0.4, -0.2) is 10.9 Å². The zero-order valence-electron chi connectivity index (χ0n) is 7.19. The Morgan fingerprint density at radius 3 is 2.21 bits per heavy atom. The van der Waals surface area contributed by atoms with Gasteiger partial charge in [0.2, 0.25) is 0 Å². The molecule has 0 spiro atoms. The third-order valence-corrected chi connectivity index (χ3v) is 1.31. The van der Waals surface area contributed by atoms with Gasteiger partial charge in [0.25, 0.3) is 5.69 Å². The number of hydrogen-bond acceptors (Lipinski definition) is 4. The molecule has 1 rings (SSSR count). The summed E-state index contributed by atoms with van der Waals surface area (Å²) in [4.78, 5) is 20.2. The molecule has 0 aliphatic carbocycles. The van der Waals surface area contributed by atoms with Crippen LogP contribution in [-0.2, 0) is 27.2 Å².